The van der Waals surface area contributed by atoms with Crippen LogP contribution in [0.5, 0.6) is 5.75 Å². The van der Waals surface area contributed by atoms with Gasteiger partial charge in [0.2, 0.25) is 0 Å². The minimum absolute atomic E-state index is 0.245. The maximum atomic E-state index is 11.5. The number of phenols is 1. The molecule has 1 rings (SSSR count). The molecule has 0 amide bonds. The summed E-state index contributed by atoms with van der Waals surface area (Å²) in [6.07, 6.45) is 11.7. The largest absolute Gasteiger partial charge is 0.507 e. The average molecular weight is 387 g/mol. The molecule has 26 heavy (non-hydrogen) atoms. The highest BCUT2D eigenvalue weighted by molar-refractivity contribution is 7.85. The summed E-state index contributed by atoms with van der Waals surface area (Å²) in [5.74, 6) is -1.94. The molecule has 0 spiro atoms. The fourth-order valence-corrected chi connectivity index (χ4v) is 3.78. The first kappa shape index (κ1) is 22.4. The van der Waals surface area contributed by atoms with Crippen molar-refractivity contribution in [3.05, 3.63) is 23.3 Å². The third-order valence-corrected chi connectivity index (χ3v) is 5.42. The second-order valence-corrected chi connectivity index (χ2v) is 8.08. The molecular formula is C19H30O6S. The lowest BCUT2D eigenvalue weighted by Crippen LogP contribution is -2.07. The lowest BCUT2D eigenvalue weighted by molar-refractivity contribution is 0.0693. The van der Waals surface area contributed by atoms with Gasteiger partial charge in [-0.2, -0.15) is 8.42 Å². The van der Waals surface area contributed by atoms with E-state index in [0.29, 0.717) is 12.8 Å². The number of aryl methyl sites for hydroxylation is 1. The number of hydrogen-bond donors (Lipinski definition) is 3. The molecule has 7 heteroatoms. The van der Waals surface area contributed by atoms with E-state index < -0.39 is 32.3 Å². The van der Waals surface area contributed by atoms with Gasteiger partial charge in [0.25, 0.3) is 10.1 Å². The third-order valence-electron chi connectivity index (χ3n) is 4.49. The fraction of sp³-hybridized carbons (Fsp3) is 0.632. The molecule has 0 aliphatic rings. The van der Waals surface area contributed by atoms with Gasteiger partial charge >= 0.3 is 5.97 Å². The van der Waals surface area contributed by atoms with Crippen molar-refractivity contribution in [2.45, 2.75) is 82.4 Å². The van der Waals surface area contributed by atoms with E-state index in [9.17, 15) is 22.9 Å². The van der Waals surface area contributed by atoms with Crippen molar-refractivity contribution >= 4 is 16.1 Å². The highest BCUT2D eigenvalue weighted by Crippen LogP contribution is 2.27. The number of benzene rings is 1. The third kappa shape index (κ3) is 7.74. The van der Waals surface area contributed by atoms with Crippen molar-refractivity contribution in [2.75, 3.05) is 0 Å². The summed E-state index contributed by atoms with van der Waals surface area (Å²) in [7, 11) is -4.54. The van der Waals surface area contributed by atoms with Gasteiger partial charge in [0.15, 0.2) is 0 Å². The maximum Gasteiger partial charge on any atom is 0.339 e. The molecular weight excluding hydrogens is 356 g/mol. The van der Waals surface area contributed by atoms with Crippen LogP contribution >= 0.6 is 0 Å². The molecule has 0 unspecified atom stereocenters. The zero-order valence-corrected chi connectivity index (χ0v) is 16.2. The molecule has 0 bridgehead atoms. The summed E-state index contributed by atoms with van der Waals surface area (Å²) in [4.78, 5) is 10.6. The Bertz CT molecular complexity index is 682. The minimum Gasteiger partial charge on any atom is -0.507 e. The first-order chi connectivity index (χ1) is 12.3. The van der Waals surface area contributed by atoms with Crippen LogP contribution in [0.3, 0.4) is 0 Å². The zero-order chi connectivity index (χ0) is 19.6. The predicted molar refractivity (Wildman–Crippen MR) is 100 cm³/mol. The molecule has 0 fully saturated rings. The molecule has 3 N–H and O–H groups in total. The van der Waals surface area contributed by atoms with E-state index in [-0.39, 0.29) is 5.56 Å². The molecule has 0 aromatic heterocycles. The van der Waals surface area contributed by atoms with Gasteiger partial charge < -0.3 is 10.2 Å². The van der Waals surface area contributed by atoms with Crippen LogP contribution < -0.4 is 0 Å². The van der Waals surface area contributed by atoms with Gasteiger partial charge in [-0.15, -0.1) is 0 Å². The van der Waals surface area contributed by atoms with Gasteiger partial charge in [-0.3, -0.25) is 4.55 Å². The summed E-state index contributed by atoms with van der Waals surface area (Å²) >= 11 is 0. The lowest BCUT2D eigenvalue weighted by atomic mass is 10.0. The van der Waals surface area contributed by atoms with Crippen LogP contribution in [0.25, 0.3) is 0 Å². The van der Waals surface area contributed by atoms with Crippen LogP contribution in [0.2, 0.25) is 0 Å². The predicted octanol–water partition coefficient (Wildman–Crippen LogP) is 4.80. The van der Waals surface area contributed by atoms with Crippen molar-refractivity contribution in [1.29, 1.82) is 0 Å². The number of hydrogen-bond acceptors (Lipinski definition) is 4. The molecule has 0 aliphatic heterocycles. The SMILES string of the molecule is CCCCCCCCCCCCc1cc(O)c(C(=O)O)cc1S(=O)(=O)O. The first-order valence-corrected chi connectivity index (χ1v) is 10.8. The minimum atomic E-state index is -4.54. The number of carboxylic acid groups (broad SMARTS) is 1. The van der Waals surface area contributed by atoms with Gasteiger partial charge in [0, 0.05) is 0 Å². The smallest absolute Gasteiger partial charge is 0.339 e. The molecule has 0 saturated carbocycles. The van der Waals surface area contributed by atoms with E-state index in [0.717, 1.165) is 31.4 Å². The summed E-state index contributed by atoms with van der Waals surface area (Å²) in [5, 5.41) is 18.7. The Kier molecular flexibility index (Phi) is 9.65. The standard InChI is InChI=1S/C19H30O6S/c1-2-3-4-5-6-7-8-9-10-11-12-15-13-17(20)16(19(21)22)14-18(15)26(23,24)25/h13-14,20H,2-12H2,1H3,(H,21,22)(H,23,24,25). The molecule has 0 aliphatic carbocycles. The zero-order valence-electron chi connectivity index (χ0n) is 15.4. The Balaban J connectivity index is 2.50. The van der Waals surface area contributed by atoms with Gasteiger partial charge in [-0.05, 0) is 30.5 Å². The van der Waals surface area contributed by atoms with E-state index in [2.05, 4.69) is 6.92 Å². The number of aromatic hydroxyl groups is 1. The molecule has 0 atom stereocenters. The number of carbonyl (C=O) groups is 1. The Labute approximate surface area is 156 Å². The van der Waals surface area contributed by atoms with E-state index in [1.165, 1.54) is 38.5 Å². The van der Waals surface area contributed by atoms with E-state index >= 15 is 0 Å². The fourth-order valence-electron chi connectivity index (χ4n) is 3.02. The van der Waals surface area contributed by atoms with Crippen LogP contribution in [0.15, 0.2) is 17.0 Å². The maximum absolute atomic E-state index is 11.5. The molecule has 148 valence electrons. The van der Waals surface area contributed by atoms with Crippen molar-refractivity contribution in [1.82, 2.24) is 0 Å². The van der Waals surface area contributed by atoms with Crippen LogP contribution in [-0.2, 0) is 16.5 Å². The van der Waals surface area contributed by atoms with Gasteiger partial charge in [0.1, 0.15) is 11.3 Å². The summed E-state index contributed by atoms with van der Waals surface area (Å²) in [6.45, 7) is 2.20. The highest BCUT2D eigenvalue weighted by Gasteiger charge is 2.21. The van der Waals surface area contributed by atoms with Crippen molar-refractivity contribution in [2.24, 2.45) is 0 Å². The molecule has 0 saturated heterocycles. The molecule has 6 nitrogen and oxygen atoms in total. The second kappa shape index (κ2) is 11.2. The highest BCUT2D eigenvalue weighted by atomic mass is 32.2. The Morgan fingerprint density at radius 1 is 0.923 bits per heavy atom. The second-order valence-electron chi connectivity index (χ2n) is 6.69. The number of carboxylic acids is 1. The Hall–Kier alpha value is -1.60. The van der Waals surface area contributed by atoms with Crippen molar-refractivity contribution in [3.63, 3.8) is 0 Å². The number of aromatic carboxylic acids is 1. The van der Waals surface area contributed by atoms with Crippen LogP contribution in [0.1, 0.15) is 87.1 Å². The van der Waals surface area contributed by atoms with Gasteiger partial charge in [-0.25, -0.2) is 4.79 Å². The Morgan fingerprint density at radius 3 is 1.88 bits per heavy atom. The summed E-state index contributed by atoms with van der Waals surface area (Å²) in [6, 6.07) is 1.94. The quantitative estimate of drug-likeness (QED) is 0.331. The van der Waals surface area contributed by atoms with Crippen molar-refractivity contribution < 1.29 is 28.0 Å². The van der Waals surface area contributed by atoms with E-state index in [1.807, 2.05) is 0 Å². The molecule has 1 aromatic rings. The van der Waals surface area contributed by atoms with Crippen LogP contribution in [-0.4, -0.2) is 29.2 Å². The van der Waals surface area contributed by atoms with Gasteiger partial charge in [-0.1, -0.05) is 64.7 Å². The van der Waals surface area contributed by atoms with E-state index in [4.69, 9.17) is 5.11 Å². The van der Waals surface area contributed by atoms with Gasteiger partial charge in [0.05, 0.1) is 4.90 Å². The van der Waals surface area contributed by atoms with Crippen LogP contribution in [0.4, 0.5) is 0 Å². The van der Waals surface area contributed by atoms with Crippen molar-refractivity contribution in [3.8, 4) is 5.75 Å². The van der Waals surface area contributed by atoms with Crippen LogP contribution in [0, 0.1) is 0 Å². The topological polar surface area (TPSA) is 112 Å². The molecule has 0 heterocycles. The number of rotatable bonds is 13. The number of unbranched alkanes of at least 4 members (excludes halogenated alkanes) is 9. The Morgan fingerprint density at radius 2 is 1.42 bits per heavy atom. The van der Waals surface area contributed by atoms with E-state index in [1.54, 1.807) is 0 Å². The summed E-state index contributed by atoms with van der Waals surface area (Å²) in [5.41, 5.74) is -0.293. The lowest BCUT2D eigenvalue weighted by Gasteiger charge is -2.10. The molecule has 1 aromatic carbocycles. The average Bonchev–Trinajstić information content (AvgIpc) is 2.55. The monoisotopic (exact) mass is 386 g/mol. The molecule has 0 radical (unpaired) electrons. The first-order valence-electron chi connectivity index (χ1n) is 9.34. The summed E-state index contributed by atoms with van der Waals surface area (Å²) < 4.78 is 32.3. The normalized spacial score (nSPS) is 11.6.